The third-order valence-electron chi connectivity index (χ3n) is 1.19. The Hall–Kier alpha value is 0.140. The minimum atomic E-state index is -4.04. The highest BCUT2D eigenvalue weighted by molar-refractivity contribution is 8.00. The predicted octanol–water partition coefficient (Wildman–Crippen LogP) is 3.68. The molecule has 0 radical (unpaired) electrons. The van der Waals surface area contributed by atoms with E-state index in [0.717, 1.165) is 6.42 Å². The van der Waals surface area contributed by atoms with Crippen molar-refractivity contribution in [2.45, 2.75) is 32.2 Å². The zero-order valence-corrected chi connectivity index (χ0v) is 7.56. The Morgan fingerprint density at radius 2 is 1.82 bits per heavy atom. The standard InChI is InChI=1S/C7H13F3S/c1-6(2)4-3-5-11-7(8,9)10/h6H,3-5H2,1-2H3. The molecule has 0 heterocycles. The van der Waals surface area contributed by atoms with Crippen molar-refractivity contribution in [2.75, 3.05) is 5.75 Å². The number of rotatable bonds is 4. The molecular formula is C7H13F3S. The van der Waals surface area contributed by atoms with E-state index in [9.17, 15) is 13.2 Å². The van der Waals surface area contributed by atoms with Crippen LogP contribution in [-0.2, 0) is 0 Å². The summed E-state index contributed by atoms with van der Waals surface area (Å²) in [5.41, 5.74) is -4.04. The molecule has 11 heavy (non-hydrogen) atoms. The zero-order valence-electron chi connectivity index (χ0n) is 6.74. The molecule has 0 atom stereocenters. The molecular weight excluding hydrogens is 173 g/mol. The van der Waals surface area contributed by atoms with Crippen LogP contribution in [0.1, 0.15) is 26.7 Å². The van der Waals surface area contributed by atoms with Crippen molar-refractivity contribution in [1.82, 2.24) is 0 Å². The molecule has 0 aliphatic heterocycles. The average Bonchev–Trinajstić information content (AvgIpc) is 1.78. The second kappa shape index (κ2) is 4.91. The molecule has 0 bridgehead atoms. The normalized spacial score (nSPS) is 12.5. The van der Waals surface area contributed by atoms with Crippen LogP contribution in [-0.4, -0.2) is 11.3 Å². The minimum absolute atomic E-state index is 0.0756. The van der Waals surface area contributed by atoms with Crippen molar-refractivity contribution in [1.29, 1.82) is 0 Å². The lowest BCUT2D eigenvalue weighted by Crippen LogP contribution is -2.01. The van der Waals surface area contributed by atoms with Crippen molar-refractivity contribution < 1.29 is 13.2 Å². The Kier molecular flexibility index (Phi) is 4.97. The van der Waals surface area contributed by atoms with Crippen LogP contribution in [0.2, 0.25) is 0 Å². The van der Waals surface area contributed by atoms with Gasteiger partial charge in [0.2, 0.25) is 0 Å². The Labute approximate surface area is 69.5 Å². The van der Waals surface area contributed by atoms with E-state index < -0.39 is 5.51 Å². The maximum atomic E-state index is 11.5. The van der Waals surface area contributed by atoms with Gasteiger partial charge in [-0.1, -0.05) is 32.0 Å². The fourth-order valence-corrected chi connectivity index (χ4v) is 1.22. The number of halogens is 3. The quantitative estimate of drug-likeness (QED) is 0.603. The van der Waals surface area contributed by atoms with E-state index in [1.54, 1.807) is 0 Å². The summed E-state index contributed by atoms with van der Waals surface area (Å²) in [6.45, 7) is 4.02. The lowest BCUT2D eigenvalue weighted by atomic mass is 10.1. The van der Waals surface area contributed by atoms with Crippen LogP contribution in [0.25, 0.3) is 0 Å². The summed E-state index contributed by atoms with van der Waals surface area (Å²) in [6.07, 6.45) is 1.53. The van der Waals surface area contributed by atoms with Gasteiger partial charge < -0.3 is 0 Å². The molecule has 0 unspecified atom stereocenters. The molecule has 0 spiro atoms. The lowest BCUT2D eigenvalue weighted by molar-refractivity contribution is -0.0328. The summed E-state index contributed by atoms with van der Waals surface area (Å²) in [6, 6.07) is 0. The molecule has 0 nitrogen and oxygen atoms in total. The van der Waals surface area contributed by atoms with Crippen molar-refractivity contribution in [3.8, 4) is 0 Å². The minimum Gasteiger partial charge on any atom is -0.160 e. The maximum absolute atomic E-state index is 11.5. The number of alkyl halides is 3. The van der Waals surface area contributed by atoms with Gasteiger partial charge in [0.1, 0.15) is 0 Å². The SMILES string of the molecule is CC(C)CCCSC(F)(F)F. The maximum Gasteiger partial charge on any atom is 0.441 e. The highest BCUT2D eigenvalue weighted by Crippen LogP contribution is 2.30. The molecule has 0 aromatic rings. The second-order valence-corrected chi connectivity index (χ2v) is 3.99. The Balaban J connectivity index is 3.15. The largest absolute Gasteiger partial charge is 0.441 e. The van der Waals surface area contributed by atoms with Gasteiger partial charge in [-0.3, -0.25) is 0 Å². The van der Waals surface area contributed by atoms with E-state index in [2.05, 4.69) is 0 Å². The molecule has 0 rings (SSSR count). The van der Waals surface area contributed by atoms with Crippen molar-refractivity contribution in [2.24, 2.45) is 5.92 Å². The Morgan fingerprint density at radius 1 is 1.27 bits per heavy atom. The van der Waals surface area contributed by atoms with E-state index in [4.69, 9.17) is 0 Å². The molecule has 0 saturated heterocycles. The van der Waals surface area contributed by atoms with Crippen molar-refractivity contribution >= 4 is 11.8 Å². The summed E-state index contributed by atoms with van der Waals surface area (Å²) >= 11 is 0.0756. The topological polar surface area (TPSA) is 0 Å². The van der Waals surface area contributed by atoms with Crippen molar-refractivity contribution in [3.05, 3.63) is 0 Å². The smallest absolute Gasteiger partial charge is 0.160 e. The summed E-state index contributed by atoms with van der Waals surface area (Å²) in [5.74, 6) is 0.700. The first kappa shape index (κ1) is 11.1. The van der Waals surface area contributed by atoms with Gasteiger partial charge in [-0.15, -0.1) is 0 Å². The molecule has 0 aliphatic carbocycles. The first-order chi connectivity index (χ1) is 4.92. The van der Waals surface area contributed by atoms with Gasteiger partial charge in [0.05, 0.1) is 0 Å². The summed E-state index contributed by atoms with van der Waals surface area (Å²) in [4.78, 5) is 0. The van der Waals surface area contributed by atoms with E-state index in [1.807, 2.05) is 13.8 Å². The zero-order chi connectivity index (χ0) is 8.91. The molecule has 0 aromatic carbocycles. The van der Waals surface area contributed by atoms with Crippen LogP contribution >= 0.6 is 11.8 Å². The number of hydrogen-bond donors (Lipinski definition) is 0. The summed E-state index contributed by atoms with van der Waals surface area (Å²) < 4.78 is 34.6. The monoisotopic (exact) mass is 186 g/mol. The van der Waals surface area contributed by atoms with Gasteiger partial charge in [-0.2, -0.15) is 13.2 Å². The molecule has 0 saturated carbocycles. The van der Waals surface area contributed by atoms with E-state index in [1.165, 1.54) is 0 Å². The van der Waals surface area contributed by atoms with Crippen LogP contribution < -0.4 is 0 Å². The predicted molar refractivity (Wildman–Crippen MR) is 42.6 cm³/mol. The first-order valence-electron chi connectivity index (χ1n) is 3.62. The molecule has 0 N–H and O–H groups in total. The fraction of sp³-hybridized carbons (Fsp3) is 1.00. The van der Waals surface area contributed by atoms with Crippen LogP contribution in [0.3, 0.4) is 0 Å². The third kappa shape index (κ3) is 10.1. The summed E-state index contributed by atoms with van der Waals surface area (Å²) in [5, 5.41) is 0. The van der Waals surface area contributed by atoms with Crippen LogP contribution in [0.5, 0.6) is 0 Å². The second-order valence-electron chi connectivity index (χ2n) is 2.83. The molecule has 0 fully saturated rings. The third-order valence-corrected chi connectivity index (χ3v) is 2.01. The van der Waals surface area contributed by atoms with Crippen LogP contribution in [0.15, 0.2) is 0 Å². The van der Waals surface area contributed by atoms with Gasteiger partial charge in [-0.25, -0.2) is 0 Å². The molecule has 0 aromatic heterocycles. The van der Waals surface area contributed by atoms with Gasteiger partial charge in [0, 0.05) is 5.75 Å². The first-order valence-corrected chi connectivity index (χ1v) is 4.61. The molecule has 68 valence electrons. The van der Waals surface area contributed by atoms with E-state index in [-0.39, 0.29) is 17.5 Å². The number of hydrogen-bond acceptors (Lipinski definition) is 1. The molecule has 0 aliphatic rings. The number of thioether (sulfide) groups is 1. The highest BCUT2D eigenvalue weighted by atomic mass is 32.2. The van der Waals surface area contributed by atoms with Gasteiger partial charge in [0.25, 0.3) is 0 Å². The van der Waals surface area contributed by atoms with E-state index >= 15 is 0 Å². The van der Waals surface area contributed by atoms with Crippen LogP contribution in [0.4, 0.5) is 13.2 Å². The Morgan fingerprint density at radius 3 is 2.18 bits per heavy atom. The van der Waals surface area contributed by atoms with Crippen LogP contribution in [0, 0.1) is 5.92 Å². The lowest BCUT2D eigenvalue weighted by Gasteiger charge is -2.06. The van der Waals surface area contributed by atoms with E-state index in [0.29, 0.717) is 12.3 Å². The van der Waals surface area contributed by atoms with Gasteiger partial charge in [-0.05, 0) is 12.3 Å². The molecule has 0 amide bonds. The van der Waals surface area contributed by atoms with Crippen molar-refractivity contribution in [3.63, 3.8) is 0 Å². The van der Waals surface area contributed by atoms with Gasteiger partial charge >= 0.3 is 5.51 Å². The molecule has 4 heteroatoms. The Bertz CT molecular complexity index is 98.3. The highest BCUT2D eigenvalue weighted by Gasteiger charge is 2.27. The van der Waals surface area contributed by atoms with Gasteiger partial charge in [0.15, 0.2) is 0 Å². The average molecular weight is 186 g/mol. The fourth-order valence-electron chi connectivity index (χ4n) is 0.679. The summed E-state index contributed by atoms with van der Waals surface area (Å²) in [7, 11) is 0.